The molecule has 0 saturated carbocycles. The van der Waals surface area contributed by atoms with Gasteiger partial charge in [0.15, 0.2) is 0 Å². The van der Waals surface area contributed by atoms with Crippen LogP contribution in [-0.4, -0.2) is 23.0 Å². The third-order valence-corrected chi connectivity index (χ3v) is 5.25. The minimum Gasteiger partial charge on any atom is -0.481 e. The number of carboxylic acids is 1. The van der Waals surface area contributed by atoms with Gasteiger partial charge < -0.3 is 10.4 Å². The molecule has 0 aliphatic rings. The Kier molecular flexibility index (Phi) is 6.15. The number of hydrogen-bond donors (Lipinski definition) is 2. The summed E-state index contributed by atoms with van der Waals surface area (Å²) in [7, 11) is 0. The highest BCUT2D eigenvalue weighted by Gasteiger charge is 2.16. The smallest absolute Gasteiger partial charge is 0.305 e. The van der Waals surface area contributed by atoms with E-state index in [1.165, 1.54) is 21.8 Å². The van der Waals surface area contributed by atoms with Gasteiger partial charge >= 0.3 is 5.97 Å². The van der Waals surface area contributed by atoms with Gasteiger partial charge in [-0.15, -0.1) is 11.3 Å². The lowest BCUT2D eigenvalue weighted by molar-refractivity contribution is -0.137. The molecule has 2 N–H and O–H groups in total. The standard InChI is InChI=1S/C16H19NO3S2/c1-2-12(9-15(18)19)17-16(20)14-6-5-13(22-14)4-3-11-7-8-21-10-11/h5-8,10,12H,2-4,9H2,1H3,(H,17,20)(H,18,19)/t12-/m0/s1. The summed E-state index contributed by atoms with van der Waals surface area (Å²) >= 11 is 3.17. The fourth-order valence-corrected chi connectivity index (χ4v) is 3.72. The second-order valence-corrected chi connectivity index (χ2v) is 7.02. The molecule has 0 aliphatic heterocycles. The van der Waals surface area contributed by atoms with Crippen LogP contribution in [0.1, 0.15) is 39.9 Å². The van der Waals surface area contributed by atoms with Gasteiger partial charge in [-0.05, 0) is 53.8 Å². The van der Waals surface area contributed by atoms with Crippen LogP contribution in [0.3, 0.4) is 0 Å². The Bertz CT molecular complexity index is 619. The van der Waals surface area contributed by atoms with Crippen molar-refractivity contribution in [3.8, 4) is 0 Å². The van der Waals surface area contributed by atoms with Crippen LogP contribution in [0, 0.1) is 0 Å². The van der Waals surface area contributed by atoms with Gasteiger partial charge in [0.25, 0.3) is 5.91 Å². The first-order chi connectivity index (χ1) is 10.6. The Hall–Kier alpha value is -1.66. The van der Waals surface area contributed by atoms with Crippen LogP contribution in [0.25, 0.3) is 0 Å². The molecule has 0 aliphatic carbocycles. The van der Waals surface area contributed by atoms with Crippen LogP contribution in [0.15, 0.2) is 29.0 Å². The van der Waals surface area contributed by atoms with Gasteiger partial charge in [-0.2, -0.15) is 11.3 Å². The van der Waals surface area contributed by atoms with Crippen LogP contribution in [0.5, 0.6) is 0 Å². The summed E-state index contributed by atoms with van der Waals surface area (Å²) < 4.78 is 0. The van der Waals surface area contributed by atoms with E-state index >= 15 is 0 Å². The summed E-state index contributed by atoms with van der Waals surface area (Å²) in [5.74, 6) is -1.07. The maximum atomic E-state index is 12.1. The summed E-state index contributed by atoms with van der Waals surface area (Å²) in [6.07, 6.45) is 2.45. The van der Waals surface area contributed by atoms with E-state index in [-0.39, 0.29) is 18.4 Å². The average Bonchev–Trinajstić information content (AvgIpc) is 3.15. The van der Waals surface area contributed by atoms with Crippen molar-refractivity contribution in [2.45, 2.75) is 38.6 Å². The molecule has 2 aromatic heterocycles. The number of amides is 1. The number of aliphatic carboxylic acids is 1. The molecule has 0 spiro atoms. The molecule has 0 saturated heterocycles. The van der Waals surface area contributed by atoms with Crippen LogP contribution >= 0.6 is 22.7 Å². The van der Waals surface area contributed by atoms with Gasteiger partial charge in [-0.25, -0.2) is 0 Å². The lowest BCUT2D eigenvalue weighted by Gasteiger charge is -2.13. The third-order valence-electron chi connectivity index (χ3n) is 3.37. The minimum atomic E-state index is -0.894. The van der Waals surface area contributed by atoms with Gasteiger partial charge in [0, 0.05) is 10.9 Å². The molecule has 0 fully saturated rings. The summed E-state index contributed by atoms with van der Waals surface area (Å²) in [5, 5.41) is 15.8. The number of carbonyl (C=O) groups excluding carboxylic acids is 1. The van der Waals surface area contributed by atoms with E-state index in [2.05, 4.69) is 22.1 Å². The Morgan fingerprint density at radius 1 is 1.27 bits per heavy atom. The SMILES string of the molecule is CC[C@@H](CC(=O)O)NC(=O)c1ccc(CCc2ccsc2)s1. The third kappa shape index (κ3) is 4.96. The van der Waals surface area contributed by atoms with E-state index < -0.39 is 5.97 Å². The lowest BCUT2D eigenvalue weighted by atomic mass is 10.1. The highest BCUT2D eigenvalue weighted by atomic mass is 32.1. The predicted molar refractivity (Wildman–Crippen MR) is 89.8 cm³/mol. The topological polar surface area (TPSA) is 66.4 Å². The van der Waals surface area contributed by atoms with Crippen LogP contribution < -0.4 is 5.32 Å². The monoisotopic (exact) mass is 337 g/mol. The van der Waals surface area contributed by atoms with Crippen LogP contribution in [-0.2, 0) is 17.6 Å². The average molecular weight is 337 g/mol. The summed E-state index contributed by atoms with van der Waals surface area (Å²) in [6, 6.07) is 5.59. The molecule has 1 amide bonds. The number of rotatable bonds is 8. The Labute approximate surface area is 137 Å². The highest BCUT2D eigenvalue weighted by Crippen LogP contribution is 2.19. The van der Waals surface area contributed by atoms with Crippen molar-refractivity contribution in [1.82, 2.24) is 5.32 Å². The molecule has 0 aromatic carbocycles. The maximum absolute atomic E-state index is 12.1. The van der Waals surface area contributed by atoms with Crippen molar-refractivity contribution in [3.63, 3.8) is 0 Å². The fourth-order valence-electron chi connectivity index (χ4n) is 2.10. The molecule has 4 nitrogen and oxygen atoms in total. The molecule has 22 heavy (non-hydrogen) atoms. The van der Waals surface area contributed by atoms with Crippen molar-refractivity contribution >= 4 is 34.6 Å². The number of carbonyl (C=O) groups is 2. The number of carboxylic acid groups (broad SMARTS) is 1. The van der Waals surface area contributed by atoms with Crippen LogP contribution in [0.4, 0.5) is 0 Å². The molecule has 0 unspecified atom stereocenters. The summed E-state index contributed by atoms with van der Waals surface area (Å²) in [5.41, 5.74) is 1.32. The number of thiophene rings is 2. The van der Waals surface area contributed by atoms with E-state index in [0.717, 1.165) is 12.8 Å². The van der Waals surface area contributed by atoms with E-state index in [9.17, 15) is 9.59 Å². The minimum absolute atomic E-state index is 0.0430. The number of aryl methyl sites for hydroxylation is 2. The first kappa shape index (κ1) is 16.7. The van der Waals surface area contributed by atoms with E-state index in [1.807, 2.05) is 19.1 Å². The first-order valence-electron chi connectivity index (χ1n) is 7.21. The largest absolute Gasteiger partial charge is 0.481 e. The zero-order valence-electron chi connectivity index (χ0n) is 12.4. The molecular formula is C16H19NO3S2. The Balaban J connectivity index is 1.89. The Morgan fingerprint density at radius 3 is 2.73 bits per heavy atom. The first-order valence-corrected chi connectivity index (χ1v) is 8.97. The van der Waals surface area contributed by atoms with Gasteiger partial charge in [-0.1, -0.05) is 6.92 Å². The maximum Gasteiger partial charge on any atom is 0.305 e. The Morgan fingerprint density at radius 2 is 2.09 bits per heavy atom. The van der Waals surface area contributed by atoms with E-state index in [1.54, 1.807) is 11.3 Å². The van der Waals surface area contributed by atoms with Gasteiger partial charge in [0.05, 0.1) is 11.3 Å². The van der Waals surface area contributed by atoms with Gasteiger partial charge in [-0.3, -0.25) is 9.59 Å². The molecule has 0 bridgehead atoms. The highest BCUT2D eigenvalue weighted by molar-refractivity contribution is 7.14. The summed E-state index contributed by atoms with van der Waals surface area (Å²) in [4.78, 5) is 24.7. The quantitative estimate of drug-likeness (QED) is 0.774. The van der Waals surface area contributed by atoms with Crippen molar-refractivity contribution in [2.24, 2.45) is 0 Å². The molecule has 1 atom stereocenters. The fraction of sp³-hybridized carbons (Fsp3) is 0.375. The number of nitrogens with one attached hydrogen (secondary N) is 1. The van der Waals surface area contributed by atoms with Gasteiger partial charge in [0.1, 0.15) is 0 Å². The second kappa shape index (κ2) is 8.10. The summed E-state index contributed by atoms with van der Waals surface area (Å²) in [6.45, 7) is 1.87. The van der Waals surface area contributed by atoms with Crippen molar-refractivity contribution in [1.29, 1.82) is 0 Å². The zero-order valence-corrected chi connectivity index (χ0v) is 14.0. The normalized spacial score (nSPS) is 12.0. The number of hydrogen-bond acceptors (Lipinski definition) is 4. The van der Waals surface area contributed by atoms with Crippen LogP contribution in [0.2, 0.25) is 0 Å². The molecular weight excluding hydrogens is 318 g/mol. The lowest BCUT2D eigenvalue weighted by Crippen LogP contribution is -2.35. The second-order valence-electron chi connectivity index (χ2n) is 5.07. The van der Waals surface area contributed by atoms with E-state index in [4.69, 9.17) is 5.11 Å². The molecule has 2 rings (SSSR count). The molecule has 0 radical (unpaired) electrons. The molecule has 2 aromatic rings. The molecule has 118 valence electrons. The van der Waals surface area contributed by atoms with Gasteiger partial charge in [0.2, 0.25) is 0 Å². The van der Waals surface area contributed by atoms with E-state index in [0.29, 0.717) is 11.3 Å². The van der Waals surface area contributed by atoms with Crippen molar-refractivity contribution < 1.29 is 14.7 Å². The zero-order chi connectivity index (χ0) is 15.9. The van der Waals surface area contributed by atoms with Crippen molar-refractivity contribution in [2.75, 3.05) is 0 Å². The molecule has 6 heteroatoms. The predicted octanol–water partition coefficient (Wildman–Crippen LogP) is 3.58. The molecule has 2 heterocycles. The van der Waals surface area contributed by atoms with Crippen molar-refractivity contribution in [3.05, 3.63) is 44.3 Å².